The number of nitrogens with zero attached hydrogens (tertiary/aromatic N) is 2. The minimum atomic E-state index is -3.60. The first-order valence-electron chi connectivity index (χ1n) is 13.8. The molecule has 2 amide bonds. The van der Waals surface area contributed by atoms with Crippen LogP contribution >= 0.6 is 15.9 Å². The highest BCUT2D eigenvalue weighted by Gasteiger charge is 2.32. The van der Waals surface area contributed by atoms with Gasteiger partial charge in [-0.3, -0.25) is 13.9 Å². The minimum Gasteiger partial charge on any atom is -0.497 e. The molecule has 0 heterocycles. The van der Waals surface area contributed by atoms with Gasteiger partial charge < -0.3 is 15.0 Å². The molecule has 0 saturated heterocycles. The van der Waals surface area contributed by atoms with Crippen LogP contribution in [0.3, 0.4) is 0 Å². The Morgan fingerprint density at radius 1 is 0.929 bits per heavy atom. The molecule has 8 nitrogen and oxygen atoms in total. The molecule has 0 unspecified atom stereocenters. The van der Waals surface area contributed by atoms with Crippen LogP contribution in [0.5, 0.6) is 5.75 Å². The van der Waals surface area contributed by atoms with Gasteiger partial charge in [-0.05, 0) is 74.7 Å². The smallest absolute Gasteiger partial charge is 0.243 e. The number of rotatable bonds is 13. The van der Waals surface area contributed by atoms with Crippen molar-refractivity contribution < 1.29 is 22.7 Å². The number of methoxy groups -OCH3 is 1. The maximum Gasteiger partial charge on any atom is 0.243 e. The molecule has 42 heavy (non-hydrogen) atoms. The van der Waals surface area contributed by atoms with E-state index in [1.54, 1.807) is 36.3 Å². The fourth-order valence-corrected chi connectivity index (χ4v) is 5.78. The van der Waals surface area contributed by atoms with E-state index < -0.39 is 21.6 Å². The SMILES string of the molecule is COc1ccc(N(CCCC(=O)N(Cc2ccc(Br)cc2)[C@@H](Cc2ccccc2)C(=O)NC(C)(C)C)S(C)(=O)=O)cc1. The summed E-state index contributed by atoms with van der Waals surface area (Å²) >= 11 is 3.46. The molecule has 0 radical (unpaired) electrons. The molecule has 1 N–H and O–H groups in total. The lowest BCUT2D eigenvalue weighted by molar-refractivity contribution is -0.142. The van der Waals surface area contributed by atoms with Crippen LogP contribution in [0.2, 0.25) is 0 Å². The van der Waals surface area contributed by atoms with Crippen molar-refractivity contribution in [1.82, 2.24) is 10.2 Å². The highest BCUT2D eigenvalue weighted by molar-refractivity contribution is 9.10. The van der Waals surface area contributed by atoms with Crippen molar-refractivity contribution in [3.05, 3.63) is 94.5 Å². The second-order valence-corrected chi connectivity index (χ2v) is 14.1. The molecule has 0 aliphatic rings. The third kappa shape index (κ3) is 10.2. The number of carbonyl (C=O) groups excluding carboxylic acids is 2. The molecule has 0 fully saturated rings. The number of halogens is 1. The fourth-order valence-electron chi connectivity index (χ4n) is 4.55. The maximum absolute atomic E-state index is 13.9. The van der Waals surface area contributed by atoms with Gasteiger partial charge in [0.05, 0.1) is 19.1 Å². The summed E-state index contributed by atoms with van der Waals surface area (Å²) < 4.78 is 32.7. The van der Waals surface area contributed by atoms with Gasteiger partial charge in [0.25, 0.3) is 0 Å². The highest BCUT2D eigenvalue weighted by Crippen LogP contribution is 2.23. The number of hydrogen-bond acceptors (Lipinski definition) is 5. The van der Waals surface area contributed by atoms with Crippen molar-refractivity contribution >= 4 is 43.5 Å². The van der Waals surface area contributed by atoms with E-state index >= 15 is 0 Å². The maximum atomic E-state index is 13.9. The van der Waals surface area contributed by atoms with E-state index in [0.717, 1.165) is 21.9 Å². The number of hydrogen-bond donors (Lipinski definition) is 1. The Morgan fingerprint density at radius 3 is 2.10 bits per heavy atom. The van der Waals surface area contributed by atoms with Gasteiger partial charge in [0.1, 0.15) is 11.8 Å². The van der Waals surface area contributed by atoms with E-state index in [2.05, 4.69) is 21.2 Å². The zero-order valence-electron chi connectivity index (χ0n) is 24.8. The molecule has 1 atom stereocenters. The monoisotopic (exact) mass is 657 g/mol. The summed E-state index contributed by atoms with van der Waals surface area (Å²) in [5, 5.41) is 3.06. The van der Waals surface area contributed by atoms with E-state index in [1.165, 1.54) is 4.31 Å². The van der Waals surface area contributed by atoms with E-state index in [0.29, 0.717) is 17.9 Å². The van der Waals surface area contributed by atoms with E-state index in [-0.39, 0.29) is 37.7 Å². The largest absolute Gasteiger partial charge is 0.497 e. The molecule has 3 rings (SSSR count). The first kappa shape index (κ1) is 33.1. The molecule has 3 aromatic carbocycles. The number of benzene rings is 3. The van der Waals surface area contributed by atoms with Crippen molar-refractivity contribution in [2.45, 2.75) is 58.2 Å². The Morgan fingerprint density at radius 2 is 1.55 bits per heavy atom. The molecule has 0 aromatic heterocycles. The third-order valence-corrected chi connectivity index (χ3v) is 8.27. The highest BCUT2D eigenvalue weighted by atomic mass is 79.9. The second kappa shape index (κ2) is 14.7. The number of nitrogens with one attached hydrogen (secondary N) is 1. The average Bonchev–Trinajstić information content (AvgIpc) is 2.93. The number of carbonyl (C=O) groups is 2. The molecule has 10 heteroatoms. The summed E-state index contributed by atoms with van der Waals surface area (Å²) in [6.45, 7) is 6.06. The van der Waals surface area contributed by atoms with Crippen molar-refractivity contribution in [3.63, 3.8) is 0 Å². The number of ether oxygens (including phenoxy) is 1. The molecule has 226 valence electrons. The van der Waals surface area contributed by atoms with Crippen molar-refractivity contribution in [2.24, 2.45) is 0 Å². The molecular weight excluding hydrogens is 618 g/mol. The zero-order chi connectivity index (χ0) is 30.9. The van der Waals surface area contributed by atoms with Gasteiger partial charge in [0, 0.05) is 35.9 Å². The summed E-state index contributed by atoms with van der Waals surface area (Å²) in [7, 11) is -2.06. The minimum absolute atomic E-state index is 0.0623. The first-order chi connectivity index (χ1) is 19.8. The van der Waals surface area contributed by atoms with E-state index in [1.807, 2.05) is 75.4 Å². The topological polar surface area (TPSA) is 96.0 Å². The van der Waals surface area contributed by atoms with Gasteiger partial charge in [0.2, 0.25) is 21.8 Å². The Balaban J connectivity index is 1.88. The molecule has 3 aromatic rings. The number of sulfonamides is 1. The van der Waals surface area contributed by atoms with Gasteiger partial charge in [-0.25, -0.2) is 8.42 Å². The average molecular weight is 659 g/mol. The van der Waals surface area contributed by atoms with Crippen LogP contribution < -0.4 is 14.4 Å². The Bertz CT molecular complexity index is 1420. The van der Waals surface area contributed by atoms with Crippen LogP contribution in [0.4, 0.5) is 5.69 Å². The zero-order valence-corrected chi connectivity index (χ0v) is 27.2. The predicted molar refractivity (Wildman–Crippen MR) is 171 cm³/mol. The van der Waals surface area contributed by atoms with Gasteiger partial charge in [-0.2, -0.15) is 0 Å². The van der Waals surface area contributed by atoms with Crippen molar-refractivity contribution in [1.29, 1.82) is 0 Å². The van der Waals surface area contributed by atoms with Crippen molar-refractivity contribution in [2.75, 3.05) is 24.2 Å². The lowest BCUT2D eigenvalue weighted by Gasteiger charge is -2.34. The van der Waals surface area contributed by atoms with Crippen LogP contribution in [-0.2, 0) is 32.6 Å². The molecule has 0 aliphatic carbocycles. The fraction of sp³-hybridized carbons (Fsp3) is 0.375. The normalized spacial score (nSPS) is 12.3. The molecular formula is C32H40BrN3O5S. The summed E-state index contributed by atoms with van der Waals surface area (Å²) in [6.07, 6.45) is 1.82. The first-order valence-corrected chi connectivity index (χ1v) is 16.4. The van der Waals surface area contributed by atoms with Gasteiger partial charge in [0.15, 0.2) is 0 Å². The number of anilines is 1. The van der Waals surface area contributed by atoms with Crippen LogP contribution in [-0.4, -0.2) is 56.6 Å². The van der Waals surface area contributed by atoms with Gasteiger partial charge in [-0.15, -0.1) is 0 Å². The Kier molecular flexibility index (Phi) is 11.6. The standard InChI is InChI=1S/C32H40BrN3O5S/c1-32(2,3)34-31(38)29(22-24-10-7-6-8-11-24)35(23-25-13-15-26(33)16-14-25)30(37)12-9-21-36(42(5,39)40)27-17-19-28(41-4)20-18-27/h6-8,10-11,13-20,29H,9,12,21-23H2,1-5H3,(H,34,38)/t29-/m0/s1. The quantitative estimate of drug-likeness (QED) is 0.260. The molecule has 0 spiro atoms. The van der Waals surface area contributed by atoms with E-state index in [9.17, 15) is 18.0 Å². The van der Waals surface area contributed by atoms with Gasteiger partial charge in [-0.1, -0.05) is 58.4 Å². The molecule has 0 saturated carbocycles. The van der Waals surface area contributed by atoms with Crippen LogP contribution in [0.15, 0.2) is 83.3 Å². The summed E-state index contributed by atoms with van der Waals surface area (Å²) in [4.78, 5) is 29.2. The van der Waals surface area contributed by atoms with E-state index in [4.69, 9.17) is 4.74 Å². The van der Waals surface area contributed by atoms with Crippen molar-refractivity contribution in [3.8, 4) is 5.75 Å². The molecule has 0 bridgehead atoms. The van der Waals surface area contributed by atoms with Gasteiger partial charge >= 0.3 is 0 Å². The summed E-state index contributed by atoms with van der Waals surface area (Å²) in [6, 6.07) is 23.2. The third-order valence-electron chi connectivity index (χ3n) is 6.55. The summed E-state index contributed by atoms with van der Waals surface area (Å²) in [5.41, 5.74) is 1.81. The summed E-state index contributed by atoms with van der Waals surface area (Å²) in [5.74, 6) is 0.142. The predicted octanol–water partition coefficient (Wildman–Crippen LogP) is 5.56. The van der Waals surface area contributed by atoms with Crippen LogP contribution in [0, 0.1) is 0 Å². The Hall–Kier alpha value is -3.37. The lowest BCUT2D eigenvalue weighted by atomic mass is 10.00. The molecule has 0 aliphatic heterocycles. The van der Waals surface area contributed by atoms with Crippen LogP contribution in [0.1, 0.15) is 44.7 Å². The van der Waals surface area contributed by atoms with Crippen LogP contribution in [0.25, 0.3) is 0 Å². The Labute approximate surface area is 258 Å². The number of amides is 2. The lowest BCUT2D eigenvalue weighted by Crippen LogP contribution is -2.54. The second-order valence-electron chi connectivity index (χ2n) is 11.2.